The lowest BCUT2D eigenvalue weighted by atomic mass is 9.98. The van der Waals surface area contributed by atoms with Gasteiger partial charge in [0.25, 0.3) is 5.91 Å². The van der Waals surface area contributed by atoms with E-state index in [0.29, 0.717) is 6.54 Å². The van der Waals surface area contributed by atoms with Gasteiger partial charge in [0.1, 0.15) is 5.75 Å². The van der Waals surface area contributed by atoms with Gasteiger partial charge < -0.3 is 9.64 Å². The molecule has 0 saturated heterocycles. The Hall–Kier alpha value is -2.55. The molecule has 5 heteroatoms. The van der Waals surface area contributed by atoms with Gasteiger partial charge >= 0.3 is 0 Å². The molecule has 0 aliphatic carbocycles. The Morgan fingerprint density at radius 3 is 2.68 bits per heavy atom. The highest BCUT2D eigenvalue weighted by Crippen LogP contribution is 2.16. The zero-order valence-electron chi connectivity index (χ0n) is 19.4. The first-order valence-electron chi connectivity index (χ1n) is 10.6. The Labute approximate surface area is 191 Å². The van der Waals surface area contributed by atoms with E-state index in [1.807, 2.05) is 35.7 Å². The number of carbonyl (C=O) groups excluding carboxylic acids is 1. The van der Waals surface area contributed by atoms with Crippen molar-refractivity contribution in [3.63, 3.8) is 0 Å². The number of allylic oxidation sites excluding steroid dienone is 1. The fourth-order valence-corrected chi connectivity index (χ4v) is 3.48. The Kier molecular flexibility index (Phi) is 9.84. The fraction of sp³-hybridized carbons (Fsp3) is 0.423. The van der Waals surface area contributed by atoms with Gasteiger partial charge in [-0.2, -0.15) is 11.3 Å². The molecule has 0 aliphatic rings. The van der Waals surface area contributed by atoms with Crippen LogP contribution in [0.1, 0.15) is 38.8 Å². The minimum Gasteiger partial charge on any atom is -0.484 e. The van der Waals surface area contributed by atoms with Gasteiger partial charge in [0.05, 0.1) is 0 Å². The molecule has 0 unspecified atom stereocenters. The minimum absolute atomic E-state index is 0.0231. The predicted molar refractivity (Wildman–Crippen MR) is 130 cm³/mol. The summed E-state index contributed by atoms with van der Waals surface area (Å²) in [4.78, 5) is 16.4. The number of carbonyl (C=O) groups is 1. The third-order valence-corrected chi connectivity index (χ3v) is 5.28. The van der Waals surface area contributed by atoms with E-state index in [2.05, 4.69) is 62.0 Å². The largest absolute Gasteiger partial charge is 0.484 e. The number of amides is 1. The zero-order valence-corrected chi connectivity index (χ0v) is 20.2. The molecular formula is C26H34N2O2S. The van der Waals surface area contributed by atoms with Gasteiger partial charge in [0.15, 0.2) is 6.61 Å². The fourth-order valence-electron chi connectivity index (χ4n) is 2.82. The molecule has 0 bridgehead atoms. The number of hydrogen-bond acceptors (Lipinski definition) is 4. The molecule has 166 valence electrons. The number of likely N-dealkylation sites (N-methyl/N-ethyl adjacent to an activating group) is 2. The Morgan fingerprint density at radius 1 is 1.19 bits per heavy atom. The molecule has 1 heterocycles. The third kappa shape index (κ3) is 9.87. The topological polar surface area (TPSA) is 32.8 Å². The van der Waals surface area contributed by atoms with Gasteiger partial charge in [0.2, 0.25) is 0 Å². The van der Waals surface area contributed by atoms with Crippen molar-refractivity contribution in [2.24, 2.45) is 5.41 Å². The van der Waals surface area contributed by atoms with Crippen molar-refractivity contribution >= 4 is 17.2 Å². The van der Waals surface area contributed by atoms with E-state index < -0.39 is 0 Å². The molecule has 0 N–H and O–H groups in total. The van der Waals surface area contributed by atoms with Crippen LogP contribution in [0.5, 0.6) is 5.75 Å². The molecule has 1 aromatic heterocycles. The van der Waals surface area contributed by atoms with E-state index in [1.165, 1.54) is 0 Å². The molecule has 1 aromatic carbocycles. The quantitative estimate of drug-likeness (QED) is 0.477. The van der Waals surface area contributed by atoms with Crippen LogP contribution in [0.25, 0.3) is 0 Å². The number of ether oxygens (including phenoxy) is 1. The van der Waals surface area contributed by atoms with E-state index in [4.69, 9.17) is 4.74 Å². The molecule has 0 radical (unpaired) electrons. The molecule has 31 heavy (non-hydrogen) atoms. The maximum atomic E-state index is 12.4. The third-order valence-electron chi connectivity index (χ3n) is 4.55. The monoisotopic (exact) mass is 438 g/mol. The van der Waals surface area contributed by atoms with Gasteiger partial charge in [-0.1, -0.05) is 37.0 Å². The second-order valence-electron chi connectivity index (χ2n) is 8.57. The number of rotatable bonds is 10. The van der Waals surface area contributed by atoms with Crippen LogP contribution in [0.15, 0.2) is 53.2 Å². The molecule has 0 fully saturated rings. The number of hydrogen-bond donors (Lipinski definition) is 0. The lowest BCUT2D eigenvalue weighted by Gasteiger charge is -2.19. The maximum absolute atomic E-state index is 12.4. The Morgan fingerprint density at radius 2 is 2.00 bits per heavy atom. The summed E-state index contributed by atoms with van der Waals surface area (Å²) in [5, 5.41) is 4.07. The summed E-state index contributed by atoms with van der Waals surface area (Å²) in [7, 11) is 1.80. The Balaban J connectivity index is 1.84. The first-order valence-corrected chi connectivity index (χ1v) is 11.6. The van der Waals surface area contributed by atoms with Crippen LogP contribution in [0.2, 0.25) is 0 Å². The van der Waals surface area contributed by atoms with Gasteiger partial charge in [-0.3, -0.25) is 9.69 Å². The molecule has 0 spiro atoms. The van der Waals surface area contributed by atoms with E-state index in [1.54, 1.807) is 23.3 Å². The summed E-state index contributed by atoms with van der Waals surface area (Å²) in [5.41, 5.74) is 2.32. The van der Waals surface area contributed by atoms with Crippen LogP contribution in [0, 0.1) is 17.3 Å². The average molecular weight is 439 g/mol. The van der Waals surface area contributed by atoms with Crippen LogP contribution in [-0.2, 0) is 17.9 Å². The lowest BCUT2D eigenvalue weighted by Crippen LogP contribution is -2.30. The van der Waals surface area contributed by atoms with Crippen molar-refractivity contribution in [3.05, 3.63) is 64.4 Å². The highest BCUT2D eigenvalue weighted by Gasteiger charge is 2.11. The number of benzene rings is 1. The van der Waals surface area contributed by atoms with Crippen LogP contribution < -0.4 is 4.74 Å². The van der Waals surface area contributed by atoms with Gasteiger partial charge in [-0.05, 0) is 73.5 Å². The summed E-state index contributed by atoms with van der Waals surface area (Å²) in [6.07, 6.45) is 4.04. The average Bonchev–Trinajstić information content (AvgIpc) is 3.23. The minimum atomic E-state index is -0.0340. The standard InChI is InChI=1S/C26H34N2O2S/c1-6-28(15-9-7-8-14-26(2,3)4)19-22-11-10-12-24(17-22)30-20-25(29)27(5)18-23-13-16-31-21-23/h7,9-13,16-17,21H,6,15,18-20H2,1-5H3/b9-7+. The van der Waals surface area contributed by atoms with Gasteiger partial charge in [-0.25, -0.2) is 0 Å². The number of thiophene rings is 1. The normalized spacial score (nSPS) is 11.4. The van der Waals surface area contributed by atoms with Crippen LogP contribution in [0.3, 0.4) is 0 Å². The number of nitrogens with zero attached hydrogens (tertiary/aromatic N) is 2. The van der Waals surface area contributed by atoms with E-state index >= 15 is 0 Å². The van der Waals surface area contributed by atoms with Crippen molar-refractivity contribution in [2.45, 2.75) is 40.8 Å². The zero-order chi connectivity index (χ0) is 22.7. The first kappa shape index (κ1) is 24.7. The van der Waals surface area contributed by atoms with E-state index in [0.717, 1.165) is 36.5 Å². The van der Waals surface area contributed by atoms with Crippen molar-refractivity contribution in [3.8, 4) is 17.6 Å². The van der Waals surface area contributed by atoms with Gasteiger partial charge in [-0.15, -0.1) is 0 Å². The summed E-state index contributed by atoms with van der Waals surface area (Å²) in [6, 6.07) is 10.0. The van der Waals surface area contributed by atoms with Crippen molar-refractivity contribution in [1.29, 1.82) is 0 Å². The summed E-state index contributed by atoms with van der Waals surface area (Å²) < 4.78 is 5.77. The van der Waals surface area contributed by atoms with Gasteiger partial charge in [0, 0.05) is 32.1 Å². The highest BCUT2D eigenvalue weighted by molar-refractivity contribution is 7.07. The highest BCUT2D eigenvalue weighted by atomic mass is 32.1. The molecule has 2 aromatic rings. The molecule has 0 atom stereocenters. The maximum Gasteiger partial charge on any atom is 0.260 e. The van der Waals surface area contributed by atoms with E-state index in [9.17, 15) is 4.79 Å². The smallest absolute Gasteiger partial charge is 0.260 e. The molecule has 1 amide bonds. The summed E-state index contributed by atoms with van der Waals surface area (Å²) in [6.45, 7) is 11.7. The first-order chi connectivity index (χ1) is 14.8. The van der Waals surface area contributed by atoms with Crippen molar-refractivity contribution in [2.75, 3.05) is 26.7 Å². The van der Waals surface area contributed by atoms with Crippen LogP contribution >= 0.6 is 11.3 Å². The summed E-state index contributed by atoms with van der Waals surface area (Å²) >= 11 is 1.64. The Bertz CT molecular complexity index is 901. The van der Waals surface area contributed by atoms with Crippen molar-refractivity contribution < 1.29 is 9.53 Å². The lowest BCUT2D eigenvalue weighted by molar-refractivity contribution is -0.132. The molecule has 4 nitrogen and oxygen atoms in total. The molecular weight excluding hydrogens is 404 g/mol. The van der Waals surface area contributed by atoms with Crippen LogP contribution in [0.4, 0.5) is 0 Å². The SMILES string of the molecule is CCN(C/C=C/C#CC(C)(C)C)Cc1cccc(OCC(=O)N(C)Cc2ccsc2)c1. The van der Waals surface area contributed by atoms with Crippen LogP contribution in [-0.4, -0.2) is 42.5 Å². The predicted octanol–water partition coefficient (Wildman–Crippen LogP) is 5.21. The molecule has 0 aliphatic heterocycles. The van der Waals surface area contributed by atoms with E-state index in [-0.39, 0.29) is 17.9 Å². The summed E-state index contributed by atoms with van der Waals surface area (Å²) in [5.74, 6) is 7.01. The second-order valence-corrected chi connectivity index (χ2v) is 9.35. The molecule has 2 rings (SSSR count). The molecule has 0 saturated carbocycles. The second kappa shape index (κ2) is 12.3. The van der Waals surface area contributed by atoms with Crippen molar-refractivity contribution in [1.82, 2.24) is 9.80 Å².